The fourth-order valence-corrected chi connectivity index (χ4v) is 4.69. The average Bonchev–Trinajstić information content (AvgIpc) is 3.44. The van der Waals surface area contributed by atoms with E-state index in [1.54, 1.807) is 4.90 Å². The SMILES string of the molecule is O=C(Nc1cccs1)N1CCC(C(=O)N2CCn3c2nc2ccccc23)CC1. The Morgan fingerprint density at radius 2 is 1.86 bits per heavy atom. The summed E-state index contributed by atoms with van der Waals surface area (Å²) in [5, 5.41) is 5.70. The van der Waals surface area contributed by atoms with E-state index >= 15 is 0 Å². The normalized spacial score (nSPS) is 17.1. The van der Waals surface area contributed by atoms with Gasteiger partial charge in [0.1, 0.15) is 0 Å². The molecule has 144 valence electrons. The van der Waals surface area contributed by atoms with Gasteiger partial charge < -0.3 is 9.47 Å². The first-order valence-corrected chi connectivity index (χ1v) is 10.4. The van der Waals surface area contributed by atoms with Gasteiger partial charge in [0, 0.05) is 32.1 Å². The van der Waals surface area contributed by atoms with Gasteiger partial charge in [0.25, 0.3) is 0 Å². The molecule has 0 radical (unpaired) electrons. The highest BCUT2D eigenvalue weighted by molar-refractivity contribution is 7.14. The number of anilines is 2. The molecule has 1 aromatic carbocycles. The molecule has 7 nitrogen and oxygen atoms in total. The largest absolute Gasteiger partial charge is 0.324 e. The Bertz CT molecular complexity index is 1020. The number of amides is 3. The maximum Gasteiger partial charge on any atom is 0.322 e. The number of rotatable bonds is 2. The van der Waals surface area contributed by atoms with E-state index in [4.69, 9.17) is 0 Å². The molecule has 4 heterocycles. The van der Waals surface area contributed by atoms with E-state index in [2.05, 4.69) is 14.9 Å². The first-order valence-electron chi connectivity index (χ1n) is 9.57. The molecule has 3 aromatic rings. The number of para-hydroxylation sites is 2. The average molecular weight is 395 g/mol. The molecule has 2 aliphatic rings. The summed E-state index contributed by atoms with van der Waals surface area (Å²) in [6, 6.07) is 11.7. The number of hydrogen-bond acceptors (Lipinski definition) is 4. The molecule has 8 heteroatoms. The quantitative estimate of drug-likeness (QED) is 0.723. The summed E-state index contributed by atoms with van der Waals surface area (Å²) in [6.45, 7) is 2.64. The molecular weight excluding hydrogens is 374 g/mol. The van der Waals surface area contributed by atoms with Crippen molar-refractivity contribution >= 4 is 45.3 Å². The van der Waals surface area contributed by atoms with Crippen molar-refractivity contribution in [2.24, 2.45) is 5.92 Å². The van der Waals surface area contributed by atoms with E-state index in [0.29, 0.717) is 32.5 Å². The third-order valence-electron chi connectivity index (χ3n) is 5.57. The van der Waals surface area contributed by atoms with Gasteiger partial charge in [0.2, 0.25) is 11.9 Å². The second-order valence-corrected chi connectivity index (χ2v) is 8.16. The number of urea groups is 1. The molecule has 2 aliphatic heterocycles. The zero-order valence-electron chi connectivity index (χ0n) is 15.4. The number of benzene rings is 1. The Hall–Kier alpha value is -2.87. The number of aromatic nitrogens is 2. The summed E-state index contributed by atoms with van der Waals surface area (Å²) in [6.07, 6.45) is 1.38. The highest BCUT2D eigenvalue weighted by Gasteiger charge is 2.35. The lowest BCUT2D eigenvalue weighted by molar-refractivity contribution is -0.123. The number of nitrogens with zero attached hydrogens (tertiary/aromatic N) is 4. The molecule has 2 aromatic heterocycles. The minimum absolute atomic E-state index is 0.0582. The third-order valence-corrected chi connectivity index (χ3v) is 6.36. The van der Waals surface area contributed by atoms with E-state index in [0.717, 1.165) is 28.5 Å². The zero-order valence-corrected chi connectivity index (χ0v) is 16.2. The molecule has 0 saturated carbocycles. The van der Waals surface area contributed by atoms with Crippen LogP contribution in [0.15, 0.2) is 41.8 Å². The molecule has 1 N–H and O–H groups in total. The second-order valence-electron chi connectivity index (χ2n) is 7.21. The molecule has 1 fully saturated rings. The van der Waals surface area contributed by atoms with Crippen molar-refractivity contribution in [3.8, 4) is 0 Å². The second kappa shape index (κ2) is 6.94. The van der Waals surface area contributed by atoms with Crippen LogP contribution in [0.3, 0.4) is 0 Å². The predicted molar refractivity (Wildman–Crippen MR) is 110 cm³/mol. The molecule has 0 bridgehead atoms. The molecule has 0 unspecified atom stereocenters. The van der Waals surface area contributed by atoms with Crippen LogP contribution in [0.5, 0.6) is 0 Å². The molecule has 1 saturated heterocycles. The van der Waals surface area contributed by atoms with Gasteiger partial charge in [0.05, 0.1) is 16.0 Å². The van der Waals surface area contributed by atoms with Crippen molar-refractivity contribution in [3.05, 3.63) is 41.8 Å². The van der Waals surface area contributed by atoms with E-state index < -0.39 is 0 Å². The Morgan fingerprint density at radius 1 is 1.04 bits per heavy atom. The molecule has 0 atom stereocenters. The Morgan fingerprint density at radius 3 is 2.64 bits per heavy atom. The number of hydrogen-bond donors (Lipinski definition) is 1. The molecule has 5 rings (SSSR count). The number of carbonyl (C=O) groups excluding carboxylic acids is 2. The van der Waals surface area contributed by atoms with E-state index in [1.807, 2.05) is 46.7 Å². The van der Waals surface area contributed by atoms with Crippen molar-refractivity contribution in [3.63, 3.8) is 0 Å². The minimum Gasteiger partial charge on any atom is -0.324 e. The molecule has 0 aliphatic carbocycles. The van der Waals surface area contributed by atoms with E-state index in [9.17, 15) is 9.59 Å². The third kappa shape index (κ3) is 2.93. The standard InChI is InChI=1S/C20H21N5O2S/c26-18(25-12-11-24-16-5-2-1-4-15(16)21-19(24)25)14-7-9-23(10-8-14)20(27)22-17-6-3-13-28-17/h1-6,13-14H,7-12H2,(H,22,27). The highest BCUT2D eigenvalue weighted by Crippen LogP contribution is 2.30. The molecule has 0 spiro atoms. The maximum atomic E-state index is 13.1. The van der Waals surface area contributed by atoms with Crippen LogP contribution in [0.25, 0.3) is 11.0 Å². The summed E-state index contributed by atoms with van der Waals surface area (Å²) in [5.74, 6) is 0.827. The van der Waals surface area contributed by atoms with Gasteiger partial charge in [-0.05, 0) is 42.5 Å². The molecule has 28 heavy (non-hydrogen) atoms. The lowest BCUT2D eigenvalue weighted by Gasteiger charge is -2.32. The fraction of sp³-hybridized carbons (Fsp3) is 0.350. The van der Waals surface area contributed by atoms with E-state index in [1.165, 1.54) is 11.3 Å². The number of imidazole rings is 1. The summed E-state index contributed by atoms with van der Waals surface area (Å²) in [7, 11) is 0. The van der Waals surface area contributed by atoms with Gasteiger partial charge in [-0.25, -0.2) is 9.78 Å². The van der Waals surface area contributed by atoms with Crippen LogP contribution < -0.4 is 10.2 Å². The van der Waals surface area contributed by atoms with Gasteiger partial charge in [-0.1, -0.05) is 12.1 Å². The van der Waals surface area contributed by atoms with Gasteiger partial charge in [-0.15, -0.1) is 11.3 Å². The highest BCUT2D eigenvalue weighted by atomic mass is 32.1. The topological polar surface area (TPSA) is 70.5 Å². The van der Waals surface area contributed by atoms with Gasteiger partial charge in [-0.2, -0.15) is 0 Å². The van der Waals surface area contributed by atoms with Crippen molar-refractivity contribution in [1.29, 1.82) is 0 Å². The first-order chi connectivity index (χ1) is 13.7. The number of fused-ring (bicyclic) bond motifs is 3. The van der Waals surface area contributed by atoms with Gasteiger partial charge in [0.15, 0.2) is 0 Å². The number of likely N-dealkylation sites (tertiary alicyclic amines) is 1. The lowest BCUT2D eigenvalue weighted by atomic mass is 9.95. The number of piperidine rings is 1. The number of carbonyl (C=O) groups is 2. The smallest absolute Gasteiger partial charge is 0.322 e. The van der Waals surface area contributed by atoms with Crippen molar-refractivity contribution in [2.45, 2.75) is 19.4 Å². The van der Waals surface area contributed by atoms with Crippen LogP contribution >= 0.6 is 11.3 Å². The monoisotopic (exact) mass is 395 g/mol. The summed E-state index contributed by atoms with van der Waals surface area (Å²) >= 11 is 1.50. The summed E-state index contributed by atoms with van der Waals surface area (Å²) < 4.78 is 2.12. The van der Waals surface area contributed by atoms with Crippen molar-refractivity contribution in [1.82, 2.24) is 14.5 Å². The summed E-state index contributed by atoms with van der Waals surface area (Å²) in [4.78, 5) is 33.8. The van der Waals surface area contributed by atoms with Crippen LogP contribution in [0.2, 0.25) is 0 Å². The van der Waals surface area contributed by atoms with Crippen LogP contribution in [0.4, 0.5) is 15.7 Å². The molecular formula is C20H21N5O2S. The van der Waals surface area contributed by atoms with Gasteiger partial charge >= 0.3 is 6.03 Å². The minimum atomic E-state index is -0.0867. The van der Waals surface area contributed by atoms with Crippen LogP contribution in [-0.2, 0) is 11.3 Å². The Balaban J connectivity index is 1.24. The van der Waals surface area contributed by atoms with E-state index in [-0.39, 0.29) is 17.9 Å². The number of thiophene rings is 1. The zero-order chi connectivity index (χ0) is 19.1. The van der Waals surface area contributed by atoms with Crippen LogP contribution in [0, 0.1) is 5.92 Å². The maximum absolute atomic E-state index is 13.1. The molecule has 3 amide bonds. The lowest BCUT2D eigenvalue weighted by Crippen LogP contribution is -2.45. The number of nitrogens with one attached hydrogen (secondary N) is 1. The van der Waals surface area contributed by atoms with Crippen LogP contribution in [-0.4, -0.2) is 46.0 Å². The first kappa shape index (κ1) is 17.2. The van der Waals surface area contributed by atoms with Crippen molar-refractivity contribution < 1.29 is 9.59 Å². The Kier molecular flexibility index (Phi) is 4.27. The Labute approximate surface area is 166 Å². The van der Waals surface area contributed by atoms with Gasteiger partial charge in [-0.3, -0.25) is 15.0 Å². The van der Waals surface area contributed by atoms with Crippen LogP contribution in [0.1, 0.15) is 12.8 Å². The predicted octanol–water partition coefficient (Wildman–Crippen LogP) is 3.39. The van der Waals surface area contributed by atoms with Crippen molar-refractivity contribution in [2.75, 3.05) is 29.9 Å². The fourth-order valence-electron chi connectivity index (χ4n) is 4.08. The summed E-state index contributed by atoms with van der Waals surface area (Å²) in [5.41, 5.74) is 2.00.